The van der Waals surface area contributed by atoms with Gasteiger partial charge in [0, 0.05) is 22.3 Å². The van der Waals surface area contributed by atoms with Gasteiger partial charge in [0.1, 0.15) is 0 Å². The standard InChI is InChI=1S/C47H31N5/c1-3-13-32(14-4-1)34-23-27-36(28-24-34)41-31-42(37-29-25-35(26-30-37)33-15-5-2-6-16-33)49-46(48-41)52-44-21-11-8-18-39(44)38-17-7-10-20-43(38)51-45-22-12-9-19-40(45)50-47(51)52/h1-31H. The minimum atomic E-state index is 0.545. The number of para-hydroxylation sites is 4. The van der Waals surface area contributed by atoms with Gasteiger partial charge in [-0.1, -0.05) is 158 Å². The third kappa shape index (κ3) is 5.07. The first kappa shape index (κ1) is 29.8. The molecule has 10 rings (SSSR count). The molecule has 0 N–H and O–H groups in total. The van der Waals surface area contributed by atoms with Crippen molar-refractivity contribution in [2.45, 2.75) is 0 Å². The van der Waals surface area contributed by atoms with E-state index in [9.17, 15) is 0 Å². The normalized spacial score (nSPS) is 11.8. The molecule has 244 valence electrons. The molecule has 5 heteroatoms. The number of hydrogen-bond donors (Lipinski definition) is 0. The van der Waals surface area contributed by atoms with Crippen LogP contribution in [0.4, 0.5) is 17.6 Å². The van der Waals surface area contributed by atoms with Crippen molar-refractivity contribution in [2.75, 3.05) is 4.90 Å². The summed E-state index contributed by atoms with van der Waals surface area (Å²) < 4.78 is 2.24. The molecule has 0 saturated carbocycles. The Morgan fingerprint density at radius 1 is 0.346 bits per heavy atom. The van der Waals surface area contributed by atoms with Crippen LogP contribution in [0.25, 0.3) is 72.6 Å². The minimum Gasteiger partial charge on any atom is -0.277 e. The van der Waals surface area contributed by atoms with E-state index in [1.807, 2.05) is 18.2 Å². The number of aromatic nitrogens is 4. The van der Waals surface area contributed by atoms with Gasteiger partial charge in [0.15, 0.2) is 0 Å². The van der Waals surface area contributed by atoms with Gasteiger partial charge in [0.25, 0.3) is 0 Å². The second-order valence-electron chi connectivity index (χ2n) is 12.9. The van der Waals surface area contributed by atoms with Crippen molar-refractivity contribution < 1.29 is 0 Å². The molecule has 5 nitrogen and oxygen atoms in total. The maximum absolute atomic E-state index is 5.35. The molecular weight excluding hydrogens is 635 g/mol. The van der Waals surface area contributed by atoms with Crippen molar-refractivity contribution in [3.8, 4) is 61.6 Å². The number of benzene rings is 7. The Hall–Kier alpha value is -7.11. The Morgan fingerprint density at radius 3 is 1.38 bits per heavy atom. The Kier molecular flexibility index (Phi) is 7.07. The number of rotatable bonds is 5. The number of hydrogen-bond acceptors (Lipinski definition) is 4. The zero-order valence-corrected chi connectivity index (χ0v) is 28.1. The highest BCUT2D eigenvalue weighted by molar-refractivity contribution is 5.96. The highest BCUT2D eigenvalue weighted by atomic mass is 15.4. The van der Waals surface area contributed by atoms with Crippen molar-refractivity contribution >= 4 is 28.6 Å². The Bertz CT molecular complexity index is 2620. The van der Waals surface area contributed by atoms with Crippen molar-refractivity contribution in [1.82, 2.24) is 19.5 Å². The third-order valence-electron chi connectivity index (χ3n) is 9.81. The molecule has 2 aromatic heterocycles. The molecule has 0 spiro atoms. The van der Waals surface area contributed by atoms with Crippen LogP contribution in [-0.4, -0.2) is 19.5 Å². The van der Waals surface area contributed by atoms with Crippen molar-refractivity contribution in [3.63, 3.8) is 0 Å². The van der Waals surface area contributed by atoms with Gasteiger partial charge in [-0.15, -0.1) is 0 Å². The first-order chi connectivity index (χ1) is 25.8. The Balaban J connectivity index is 1.20. The second kappa shape index (κ2) is 12.3. The van der Waals surface area contributed by atoms with Crippen LogP contribution >= 0.6 is 0 Å². The fourth-order valence-corrected chi connectivity index (χ4v) is 7.26. The average molecular weight is 666 g/mol. The van der Waals surface area contributed by atoms with E-state index in [2.05, 4.69) is 179 Å². The summed E-state index contributed by atoms with van der Waals surface area (Å²) in [5, 5.41) is 0. The summed E-state index contributed by atoms with van der Waals surface area (Å²) >= 11 is 0. The molecule has 1 aliphatic heterocycles. The lowest BCUT2D eigenvalue weighted by Crippen LogP contribution is -2.17. The van der Waals surface area contributed by atoms with Crippen molar-refractivity contribution in [3.05, 3.63) is 188 Å². The highest BCUT2D eigenvalue weighted by Crippen LogP contribution is 2.47. The van der Waals surface area contributed by atoms with Crippen LogP contribution in [0.5, 0.6) is 0 Å². The molecule has 3 heterocycles. The van der Waals surface area contributed by atoms with Gasteiger partial charge in [-0.25, -0.2) is 19.9 Å². The summed E-state index contributed by atoms with van der Waals surface area (Å²) in [6.07, 6.45) is 0. The van der Waals surface area contributed by atoms with Crippen LogP contribution in [0.15, 0.2) is 188 Å². The number of imidazole rings is 1. The van der Waals surface area contributed by atoms with Gasteiger partial charge >= 0.3 is 0 Å². The van der Waals surface area contributed by atoms with Crippen LogP contribution in [0.2, 0.25) is 0 Å². The van der Waals surface area contributed by atoms with Crippen LogP contribution in [0.3, 0.4) is 0 Å². The molecule has 0 aliphatic carbocycles. The van der Waals surface area contributed by atoms with Crippen LogP contribution in [-0.2, 0) is 0 Å². The van der Waals surface area contributed by atoms with Gasteiger partial charge in [-0.3, -0.25) is 4.57 Å². The molecule has 0 atom stereocenters. The van der Waals surface area contributed by atoms with Gasteiger partial charge in [-0.05, 0) is 52.6 Å². The summed E-state index contributed by atoms with van der Waals surface area (Å²) in [7, 11) is 0. The minimum absolute atomic E-state index is 0.545. The molecule has 52 heavy (non-hydrogen) atoms. The van der Waals surface area contributed by atoms with Gasteiger partial charge < -0.3 is 0 Å². The van der Waals surface area contributed by atoms with E-state index in [1.54, 1.807) is 0 Å². The fourth-order valence-electron chi connectivity index (χ4n) is 7.26. The molecule has 9 aromatic rings. The lowest BCUT2D eigenvalue weighted by molar-refractivity contribution is 0.999. The lowest BCUT2D eigenvalue weighted by Gasteiger charge is -2.23. The number of nitrogens with zero attached hydrogens (tertiary/aromatic N) is 5. The first-order valence-electron chi connectivity index (χ1n) is 17.5. The summed E-state index contributed by atoms with van der Waals surface area (Å²) in [6.45, 7) is 0. The third-order valence-corrected chi connectivity index (χ3v) is 9.81. The predicted molar refractivity (Wildman–Crippen MR) is 212 cm³/mol. The molecule has 0 bridgehead atoms. The lowest BCUT2D eigenvalue weighted by atomic mass is 10.0. The molecule has 0 radical (unpaired) electrons. The van der Waals surface area contributed by atoms with Gasteiger partial charge in [0.05, 0.1) is 33.8 Å². The van der Waals surface area contributed by atoms with Crippen LogP contribution in [0.1, 0.15) is 0 Å². The largest absolute Gasteiger partial charge is 0.277 e. The van der Waals surface area contributed by atoms with Crippen LogP contribution < -0.4 is 4.90 Å². The topological polar surface area (TPSA) is 46.8 Å². The van der Waals surface area contributed by atoms with Gasteiger partial charge in [-0.2, -0.15) is 0 Å². The van der Waals surface area contributed by atoms with E-state index in [0.29, 0.717) is 5.95 Å². The zero-order chi connectivity index (χ0) is 34.4. The summed E-state index contributed by atoms with van der Waals surface area (Å²) in [5.41, 5.74) is 14.5. The van der Waals surface area contributed by atoms with Gasteiger partial charge in [0.2, 0.25) is 11.9 Å². The van der Waals surface area contributed by atoms with E-state index in [-0.39, 0.29) is 0 Å². The Morgan fingerprint density at radius 2 is 0.788 bits per heavy atom. The maximum atomic E-state index is 5.35. The fraction of sp³-hybridized carbons (Fsp3) is 0. The molecule has 0 fully saturated rings. The highest BCUT2D eigenvalue weighted by Gasteiger charge is 2.31. The van der Waals surface area contributed by atoms with E-state index in [1.165, 1.54) is 11.1 Å². The summed E-state index contributed by atoms with van der Waals surface area (Å²) in [6, 6.07) is 65.6. The molecule has 0 saturated heterocycles. The molecule has 7 aromatic carbocycles. The van der Waals surface area contributed by atoms with Crippen molar-refractivity contribution in [1.29, 1.82) is 0 Å². The number of anilines is 3. The quantitative estimate of drug-likeness (QED) is 0.184. The Labute approximate surface area is 301 Å². The SMILES string of the molecule is c1ccc(-c2ccc(-c3cc(-c4ccc(-c5ccccc5)cc4)nc(N4c5ccccc5-c5ccccc5-n5c4nc4ccccc45)n3)cc2)cc1. The maximum Gasteiger partial charge on any atom is 0.238 e. The van der Waals surface area contributed by atoms with E-state index < -0.39 is 0 Å². The molecule has 0 unspecified atom stereocenters. The molecule has 0 amide bonds. The molecular formula is C47H31N5. The summed E-state index contributed by atoms with van der Waals surface area (Å²) in [4.78, 5) is 18.1. The first-order valence-corrected chi connectivity index (χ1v) is 17.5. The molecule has 1 aliphatic rings. The second-order valence-corrected chi connectivity index (χ2v) is 12.9. The van der Waals surface area contributed by atoms with E-state index in [0.717, 1.165) is 73.1 Å². The van der Waals surface area contributed by atoms with Crippen LogP contribution in [0, 0.1) is 0 Å². The van der Waals surface area contributed by atoms with E-state index >= 15 is 0 Å². The number of fused-ring (bicyclic) bond motifs is 7. The predicted octanol–water partition coefficient (Wildman–Crippen LogP) is 11.9. The van der Waals surface area contributed by atoms with Crippen molar-refractivity contribution in [2.24, 2.45) is 0 Å². The monoisotopic (exact) mass is 665 g/mol. The smallest absolute Gasteiger partial charge is 0.238 e. The van der Waals surface area contributed by atoms with E-state index in [4.69, 9.17) is 15.0 Å². The zero-order valence-electron chi connectivity index (χ0n) is 28.1. The average Bonchev–Trinajstić information content (AvgIpc) is 3.55. The summed E-state index contributed by atoms with van der Waals surface area (Å²) in [5.74, 6) is 1.28.